The molecule has 0 fully saturated rings. The maximum atomic E-state index is 11.8. The van der Waals surface area contributed by atoms with Crippen molar-refractivity contribution in [2.24, 2.45) is 4.99 Å². The number of carbonyl (C=O) groups excluding carboxylic acids is 1. The van der Waals surface area contributed by atoms with Gasteiger partial charge in [-0.05, 0) is 43.7 Å². The van der Waals surface area contributed by atoms with Crippen molar-refractivity contribution < 1.29 is 14.3 Å². The molecule has 0 saturated heterocycles. The van der Waals surface area contributed by atoms with Gasteiger partial charge in [-0.2, -0.15) is 0 Å². The lowest BCUT2D eigenvalue weighted by molar-refractivity contribution is 0.0963. The van der Waals surface area contributed by atoms with Gasteiger partial charge in [-0.1, -0.05) is 18.2 Å². The third-order valence-electron chi connectivity index (χ3n) is 4.12. The summed E-state index contributed by atoms with van der Waals surface area (Å²) in [5.41, 5.74) is 1.59. The molecule has 0 aliphatic carbocycles. The van der Waals surface area contributed by atoms with Gasteiger partial charge in [-0.3, -0.25) is 4.79 Å². The van der Waals surface area contributed by atoms with Gasteiger partial charge in [0.15, 0.2) is 5.96 Å². The number of rotatable bonds is 9. The average molecular weight is 526 g/mol. The number of methoxy groups -OCH3 is 1. The first-order valence-electron chi connectivity index (χ1n) is 9.69. The fourth-order valence-electron chi connectivity index (χ4n) is 2.66. The van der Waals surface area contributed by atoms with E-state index >= 15 is 0 Å². The SMILES string of the molecule is CCNC(=NCc1cccc(C(=O)NC)c1)NCC(C)Oc1cccc(OC)c1.I. The van der Waals surface area contributed by atoms with Crippen LogP contribution in [-0.4, -0.2) is 45.2 Å². The first kappa shape index (κ1) is 25.5. The first-order valence-corrected chi connectivity index (χ1v) is 9.69. The van der Waals surface area contributed by atoms with E-state index in [-0.39, 0.29) is 36.0 Å². The van der Waals surface area contributed by atoms with Crippen LogP contribution in [0.2, 0.25) is 0 Å². The number of hydrogen-bond donors (Lipinski definition) is 3. The standard InChI is InChI=1S/C22H30N4O3.HI/c1-5-24-22(26-15-17-8-6-9-18(12-17)21(27)23-3)25-14-16(2)29-20-11-7-10-19(13-20)28-4;/h6-13,16H,5,14-15H2,1-4H3,(H,23,27)(H2,24,25,26);1H. The molecule has 0 aliphatic rings. The zero-order valence-corrected chi connectivity index (χ0v) is 20.2. The summed E-state index contributed by atoms with van der Waals surface area (Å²) in [4.78, 5) is 16.4. The molecular weight excluding hydrogens is 495 g/mol. The number of halogens is 1. The molecule has 1 unspecified atom stereocenters. The molecule has 7 nitrogen and oxygen atoms in total. The van der Waals surface area contributed by atoms with Crippen LogP contribution in [0.1, 0.15) is 29.8 Å². The minimum atomic E-state index is -0.107. The predicted octanol–water partition coefficient (Wildman–Crippen LogP) is 3.20. The van der Waals surface area contributed by atoms with Crippen molar-refractivity contribution >= 4 is 35.8 Å². The molecular formula is C22H31IN4O3. The van der Waals surface area contributed by atoms with Crippen LogP contribution in [0, 0.1) is 0 Å². The second-order valence-corrected chi connectivity index (χ2v) is 6.46. The summed E-state index contributed by atoms with van der Waals surface area (Å²) in [6, 6.07) is 15.0. The van der Waals surface area contributed by atoms with Crippen molar-refractivity contribution in [3.63, 3.8) is 0 Å². The Balaban J connectivity index is 0.00000450. The van der Waals surface area contributed by atoms with Crippen LogP contribution < -0.4 is 25.4 Å². The van der Waals surface area contributed by atoms with Crippen LogP contribution in [0.4, 0.5) is 0 Å². The summed E-state index contributed by atoms with van der Waals surface area (Å²) < 4.78 is 11.2. The third kappa shape index (κ3) is 8.48. The lowest BCUT2D eigenvalue weighted by atomic mass is 10.1. The van der Waals surface area contributed by atoms with Crippen molar-refractivity contribution in [1.82, 2.24) is 16.0 Å². The van der Waals surface area contributed by atoms with Gasteiger partial charge in [-0.15, -0.1) is 24.0 Å². The monoisotopic (exact) mass is 526 g/mol. The van der Waals surface area contributed by atoms with Crippen molar-refractivity contribution in [3.05, 3.63) is 59.7 Å². The predicted molar refractivity (Wildman–Crippen MR) is 131 cm³/mol. The van der Waals surface area contributed by atoms with Crippen molar-refractivity contribution in [2.75, 3.05) is 27.2 Å². The molecule has 0 radical (unpaired) electrons. The highest BCUT2D eigenvalue weighted by Crippen LogP contribution is 2.19. The molecule has 2 aromatic carbocycles. The van der Waals surface area contributed by atoms with Crippen molar-refractivity contribution in [3.8, 4) is 11.5 Å². The Morgan fingerprint density at radius 3 is 2.53 bits per heavy atom. The van der Waals surface area contributed by atoms with E-state index in [1.54, 1.807) is 20.2 Å². The van der Waals surface area contributed by atoms with E-state index in [4.69, 9.17) is 9.47 Å². The number of nitrogens with zero attached hydrogens (tertiary/aromatic N) is 1. The maximum Gasteiger partial charge on any atom is 0.251 e. The van der Waals surface area contributed by atoms with E-state index in [9.17, 15) is 4.79 Å². The Kier molecular flexibility index (Phi) is 11.7. The number of aliphatic imine (C=N–C) groups is 1. The summed E-state index contributed by atoms with van der Waals surface area (Å²) in [6.45, 7) is 5.80. The fraction of sp³-hybridized carbons (Fsp3) is 0.364. The first-order chi connectivity index (χ1) is 14.0. The fourth-order valence-corrected chi connectivity index (χ4v) is 2.66. The average Bonchev–Trinajstić information content (AvgIpc) is 2.75. The van der Waals surface area contributed by atoms with E-state index in [1.807, 2.05) is 56.3 Å². The molecule has 30 heavy (non-hydrogen) atoms. The number of benzene rings is 2. The minimum Gasteiger partial charge on any atom is -0.497 e. The van der Waals surface area contributed by atoms with Gasteiger partial charge in [-0.25, -0.2) is 4.99 Å². The molecule has 0 bridgehead atoms. The Morgan fingerprint density at radius 1 is 1.10 bits per heavy atom. The molecule has 0 aliphatic heterocycles. The molecule has 0 aromatic heterocycles. The normalized spacial score (nSPS) is 11.7. The van der Waals surface area contributed by atoms with E-state index in [1.165, 1.54) is 0 Å². The summed E-state index contributed by atoms with van der Waals surface area (Å²) in [5.74, 6) is 2.10. The van der Waals surface area contributed by atoms with Gasteiger partial charge in [0.05, 0.1) is 20.2 Å². The molecule has 164 valence electrons. The van der Waals surface area contributed by atoms with Crippen LogP contribution in [0.15, 0.2) is 53.5 Å². The molecule has 2 aromatic rings. The molecule has 0 spiro atoms. The molecule has 1 atom stereocenters. The van der Waals surface area contributed by atoms with Crippen molar-refractivity contribution in [1.29, 1.82) is 0 Å². The van der Waals surface area contributed by atoms with Gasteiger partial charge in [0, 0.05) is 25.2 Å². The Hall–Kier alpha value is -2.49. The Labute approximate surface area is 195 Å². The Bertz CT molecular complexity index is 830. The number of guanidine groups is 1. The molecule has 8 heteroatoms. The van der Waals surface area contributed by atoms with Gasteiger partial charge in [0.2, 0.25) is 0 Å². The number of hydrogen-bond acceptors (Lipinski definition) is 4. The number of ether oxygens (including phenoxy) is 2. The highest BCUT2D eigenvalue weighted by Gasteiger charge is 2.07. The van der Waals surface area contributed by atoms with Gasteiger partial charge in [0.1, 0.15) is 17.6 Å². The maximum absolute atomic E-state index is 11.8. The van der Waals surface area contributed by atoms with Crippen LogP contribution in [0.5, 0.6) is 11.5 Å². The minimum absolute atomic E-state index is 0. The molecule has 2 rings (SSSR count). The lowest BCUT2D eigenvalue weighted by Gasteiger charge is -2.18. The second-order valence-electron chi connectivity index (χ2n) is 6.46. The summed E-state index contributed by atoms with van der Waals surface area (Å²) in [5, 5.41) is 9.15. The lowest BCUT2D eigenvalue weighted by Crippen LogP contribution is -2.41. The molecule has 1 amide bonds. The van der Waals surface area contributed by atoms with Crippen molar-refractivity contribution in [2.45, 2.75) is 26.5 Å². The van der Waals surface area contributed by atoms with E-state index in [0.29, 0.717) is 24.6 Å². The summed E-state index contributed by atoms with van der Waals surface area (Å²) in [7, 11) is 3.25. The van der Waals surface area contributed by atoms with E-state index in [2.05, 4.69) is 20.9 Å². The van der Waals surface area contributed by atoms with Gasteiger partial charge >= 0.3 is 0 Å². The zero-order chi connectivity index (χ0) is 21.1. The van der Waals surface area contributed by atoms with E-state index < -0.39 is 0 Å². The van der Waals surface area contributed by atoms with E-state index in [0.717, 1.165) is 23.6 Å². The number of amides is 1. The van der Waals surface area contributed by atoms with Gasteiger partial charge in [0.25, 0.3) is 5.91 Å². The topological polar surface area (TPSA) is 84.0 Å². The number of nitrogens with one attached hydrogen (secondary N) is 3. The highest BCUT2D eigenvalue weighted by molar-refractivity contribution is 14.0. The molecule has 3 N–H and O–H groups in total. The molecule has 0 saturated carbocycles. The summed E-state index contributed by atoms with van der Waals surface area (Å²) >= 11 is 0. The quantitative estimate of drug-likeness (QED) is 0.266. The number of carbonyl (C=O) groups is 1. The van der Waals surface area contributed by atoms with Crippen LogP contribution in [-0.2, 0) is 6.54 Å². The largest absolute Gasteiger partial charge is 0.497 e. The van der Waals surface area contributed by atoms with Crippen LogP contribution in [0.3, 0.4) is 0 Å². The van der Waals surface area contributed by atoms with Gasteiger partial charge < -0.3 is 25.4 Å². The van der Waals surface area contributed by atoms with Crippen LogP contribution >= 0.6 is 24.0 Å². The van der Waals surface area contributed by atoms with Crippen LogP contribution in [0.25, 0.3) is 0 Å². The third-order valence-corrected chi connectivity index (χ3v) is 4.12. The highest BCUT2D eigenvalue weighted by atomic mass is 127. The summed E-state index contributed by atoms with van der Waals surface area (Å²) in [6.07, 6.45) is -0.0671. The smallest absolute Gasteiger partial charge is 0.251 e. The Morgan fingerprint density at radius 2 is 1.83 bits per heavy atom. The second kappa shape index (κ2) is 13.7. The molecule has 0 heterocycles. The zero-order valence-electron chi connectivity index (χ0n) is 17.9.